The Morgan fingerprint density at radius 2 is 2.00 bits per heavy atom. The summed E-state index contributed by atoms with van der Waals surface area (Å²) < 4.78 is 0. The van der Waals surface area contributed by atoms with E-state index in [9.17, 15) is 0 Å². The zero-order chi connectivity index (χ0) is 11.7. The Balaban J connectivity index is 3.77. The Bertz CT molecular complexity index is 239. The SMILES string of the molecule is CC(O)CCN(C)CC(C#N)CCC#N. The quantitative estimate of drug-likeness (QED) is 0.682. The molecule has 0 bridgehead atoms. The first-order valence-corrected chi connectivity index (χ1v) is 5.23. The lowest BCUT2D eigenvalue weighted by atomic mass is 10.1. The summed E-state index contributed by atoms with van der Waals surface area (Å²) in [7, 11) is 1.93. The summed E-state index contributed by atoms with van der Waals surface area (Å²) >= 11 is 0. The summed E-state index contributed by atoms with van der Waals surface area (Å²) in [6, 6.07) is 4.25. The van der Waals surface area contributed by atoms with Gasteiger partial charge >= 0.3 is 0 Å². The van der Waals surface area contributed by atoms with Crippen molar-refractivity contribution in [3.8, 4) is 12.1 Å². The van der Waals surface area contributed by atoms with E-state index >= 15 is 0 Å². The van der Waals surface area contributed by atoms with Crippen LogP contribution in [0.4, 0.5) is 0 Å². The van der Waals surface area contributed by atoms with Gasteiger partial charge in [-0.3, -0.25) is 0 Å². The molecule has 0 aromatic rings. The number of hydrogen-bond acceptors (Lipinski definition) is 4. The Morgan fingerprint density at radius 3 is 2.47 bits per heavy atom. The van der Waals surface area contributed by atoms with E-state index in [4.69, 9.17) is 15.6 Å². The molecule has 0 aliphatic rings. The van der Waals surface area contributed by atoms with Crippen LogP contribution in [0, 0.1) is 28.6 Å². The van der Waals surface area contributed by atoms with Crippen LogP contribution in [0.15, 0.2) is 0 Å². The Hall–Kier alpha value is -1.10. The fourth-order valence-electron chi connectivity index (χ4n) is 1.31. The van der Waals surface area contributed by atoms with Crippen molar-refractivity contribution in [2.45, 2.75) is 32.3 Å². The van der Waals surface area contributed by atoms with Gasteiger partial charge < -0.3 is 10.0 Å². The minimum atomic E-state index is -0.299. The molecule has 0 heterocycles. The normalized spacial score (nSPS) is 14.3. The van der Waals surface area contributed by atoms with Crippen molar-refractivity contribution in [3.63, 3.8) is 0 Å². The van der Waals surface area contributed by atoms with E-state index in [1.54, 1.807) is 6.92 Å². The van der Waals surface area contributed by atoms with E-state index in [-0.39, 0.29) is 12.0 Å². The second-order valence-corrected chi connectivity index (χ2v) is 3.92. The Kier molecular flexibility index (Phi) is 7.62. The predicted octanol–water partition coefficient (Wildman–Crippen LogP) is 1.13. The van der Waals surface area contributed by atoms with Crippen LogP contribution >= 0.6 is 0 Å². The molecule has 0 aliphatic heterocycles. The lowest BCUT2D eigenvalue weighted by Crippen LogP contribution is -2.27. The lowest BCUT2D eigenvalue weighted by molar-refractivity contribution is 0.161. The number of rotatable bonds is 7. The van der Waals surface area contributed by atoms with Crippen molar-refractivity contribution < 1.29 is 5.11 Å². The molecule has 0 spiro atoms. The minimum Gasteiger partial charge on any atom is -0.393 e. The standard InChI is InChI=1S/C11H19N3O/c1-10(15)5-7-14(2)9-11(8-13)4-3-6-12/h10-11,15H,3-5,7,9H2,1-2H3. The highest BCUT2D eigenvalue weighted by Gasteiger charge is 2.10. The lowest BCUT2D eigenvalue weighted by Gasteiger charge is -2.19. The fourth-order valence-corrected chi connectivity index (χ4v) is 1.31. The predicted molar refractivity (Wildman–Crippen MR) is 57.7 cm³/mol. The van der Waals surface area contributed by atoms with E-state index in [1.807, 2.05) is 18.0 Å². The van der Waals surface area contributed by atoms with Gasteiger partial charge in [0.25, 0.3) is 0 Å². The van der Waals surface area contributed by atoms with E-state index in [0.29, 0.717) is 25.8 Å². The molecular weight excluding hydrogens is 190 g/mol. The Labute approximate surface area is 91.7 Å². The van der Waals surface area contributed by atoms with Crippen LogP contribution in [-0.2, 0) is 0 Å². The van der Waals surface area contributed by atoms with E-state index in [2.05, 4.69) is 6.07 Å². The van der Waals surface area contributed by atoms with E-state index in [0.717, 1.165) is 6.54 Å². The number of hydrogen-bond donors (Lipinski definition) is 1. The van der Waals surface area contributed by atoms with Crippen molar-refractivity contribution in [2.24, 2.45) is 5.92 Å². The molecule has 0 saturated carbocycles. The zero-order valence-corrected chi connectivity index (χ0v) is 9.48. The number of aliphatic hydroxyl groups is 1. The molecule has 1 N–H and O–H groups in total. The monoisotopic (exact) mass is 209 g/mol. The average molecular weight is 209 g/mol. The molecular formula is C11H19N3O. The van der Waals surface area contributed by atoms with E-state index < -0.39 is 0 Å². The first-order chi connectivity index (χ1) is 7.10. The van der Waals surface area contributed by atoms with Crippen LogP contribution in [-0.4, -0.2) is 36.2 Å². The van der Waals surface area contributed by atoms with Crippen molar-refractivity contribution in [1.29, 1.82) is 10.5 Å². The minimum absolute atomic E-state index is 0.0800. The molecule has 0 rings (SSSR count). The maximum atomic E-state index is 9.10. The molecule has 0 aliphatic carbocycles. The number of nitrogens with zero attached hydrogens (tertiary/aromatic N) is 3. The molecule has 2 atom stereocenters. The van der Waals surface area contributed by atoms with Crippen LogP contribution in [0.1, 0.15) is 26.2 Å². The third kappa shape index (κ3) is 7.93. The van der Waals surface area contributed by atoms with Crippen molar-refractivity contribution in [2.75, 3.05) is 20.1 Å². The summed E-state index contributed by atoms with van der Waals surface area (Å²) in [5.41, 5.74) is 0. The molecule has 0 saturated heterocycles. The topological polar surface area (TPSA) is 71.0 Å². The summed E-state index contributed by atoms with van der Waals surface area (Å²) in [4.78, 5) is 2.03. The summed E-state index contributed by atoms with van der Waals surface area (Å²) in [5, 5.41) is 26.4. The first kappa shape index (κ1) is 13.9. The number of nitriles is 2. The second kappa shape index (κ2) is 8.23. The molecule has 0 radical (unpaired) electrons. The molecule has 4 heteroatoms. The highest BCUT2D eigenvalue weighted by Crippen LogP contribution is 2.07. The van der Waals surface area contributed by atoms with E-state index in [1.165, 1.54) is 0 Å². The smallest absolute Gasteiger partial charge is 0.0669 e. The molecule has 0 amide bonds. The van der Waals surface area contributed by atoms with Gasteiger partial charge in [0.15, 0.2) is 0 Å². The third-order valence-corrected chi connectivity index (χ3v) is 2.25. The van der Waals surface area contributed by atoms with Crippen molar-refractivity contribution in [3.05, 3.63) is 0 Å². The number of aliphatic hydroxyl groups excluding tert-OH is 1. The molecule has 0 aromatic carbocycles. The van der Waals surface area contributed by atoms with Gasteiger partial charge in [-0.25, -0.2) is 0 Å². The molecule has 0 aromatic heterocycles. The van der Waals surface area contributed by atoms with Gasteiger partial charge in [0.1, 0.15) is 0 Å². The van der Waals surface area contributed by atoms with Gasteiger partial charge in [-0.1, -0.05) is 0 Å². The van der Waals surface area contributed by atoms with Crippen LogP contribution in [0.2, 0.25) is 0 Å². The van der Waals surface area contributed by atoms with Gasteiger partial charge in [0, 0.05) is 19.5 Å². The fraction of sp³-hybridized carbons (Fsp3) is 0.818. The van der Waals surface area contributed by atoms with Crippen LogP contribution in [0.25, 0.3) is 0 Å². The van der Waals surface area contributed by atoms with Crippen LogP contribution < -0.4 is 0 Å². The average Bonchev–Trinajstić information content (AvgIpc) is 2.21. The van der Waals surface area contributed by atoms with Crippen molar-refractivity contribution in [1.82, 2.24) is 4.90 Å². The van der Waals surface area contributed by atoms with Gasteiger partial charge in [0.2, 0.25) is 0 Å². The maximum Gasteiger partial charge on any atom is 0.0669 e. The molecule has 84 valence electrons. The summed E-state index contributed by atoms with van der Waals surface area (Å²) in [5.74, 6) is -0.0800. The van der Waals surface area contributed by atoms with Gasteiger partial charge in [-0.15, -0.1) is 0 Å². The van der Waals surface area contributed by atoms with Gasteiger partial charge in [-0.05, 0) is 26.8 Å². The molecule has 4 nitrogen and oxygen atoms in total. The third-order valence-electron chi connectivity index (χ3n) is 2.25. The Morgan fingerprint density at radius 1 is 1.33 bits per heavy atom. The van der Waals surface area contributed by atoms with Gasteiger partial charge in [0.05, 0.1) is 24.2 Å². The summed E-state index contributed by atoms with van der Waals surface area (Å²) in [6.45, 7) is 3.21. The molecule has 15 heavy (non-hydrogen) atoms. The largest absolute Gasteiger partial charge is 0.393 e. The first-order valence-electron chi connectivity index (χ1n) is 5.23. The van der Waals surface area contributed by atoms with Crippen LogP contribution in [0.3, 0.4) is 0 Å². The maximum absolute atomic E-state index is 9.10. The molecule has 2 unspecified atom stereocenters. The zero-order valence-electron chi connectivity index (χ0n) is 9.48. The highest BCUT2D eigenvalue weighted by atomic mass is 16.3. The molecule has 0 fully saturated rings. The van der Waals surface area contributed by atoms with Crippen molar-refractivity contribution >= 4 is 0 Å². The highest BCUT2D eigenvalue weighted by molar-refractivity contribution is 4.87. The summed E-state index contributed by atoms with van der Waals surface area (Å²) in [6.07, 6.45) is 1.48. The van der Waals surface area contributed by atoms with Crippen LogP contribution in [0.5, 0.6) is 0 Å². The van der Waals surface area contributed by atoms with Gasteiger partial charge in [-0.2, -0.15) is 10.5 Å². The second-order valence-electron chi connectivity index (χ2n) is 3.92.